The first kappa shape index (κ1) is 15.0. The van der Waals surface area contributed by atoms with E-state index in [1.807, 2.05) is 22.9 Å². The van der Waals surface area contributed by atoms with Crippen LogP contribution in [0.3, 0.4) is 0 Å². The molecule has 0 amide bonds. The number of hydrogen-bond donors (Lipinski definition) is 0. The molecule has 0 radical (unpaired) electrons. The minimum Gasteiger partial charge on any atom is -0.465 e. The van der Waals surface area contributed by atoms with Gasteiger partial charge in [-0.2, -0.15) is 0 Å². The highest BCUT2D eigenvalue weighted by molar-refractivity contribution is 5.89. The lowest BCUT2D eigenvalue weighted by molar-refractivity contribution is 0.0600. The van der Waals surface area contributed by atoms with E-state index in [-0.39, 0.29) is 5.97 Å². The number of ether oxygens (including phenoxy) is 1. The van der Waals surface area contributed by atoms with Crippen molar-refractivity contribution in [1.82, 2.24) is 14.3 Å². The van der Waals surface area contributed by atoms with Gasteiger partial charge in [-0.15, -0.1) is 0 Å². The molecule has 1 fully saturated rings. The Labute approximate surface area is 130 Å². The van der Waals surface area contributed by atoms with Gasteiger partial charge in [0.25, 0.3) is 0 Å². The second kappa shape index (κ2) is 6.48. The van der Waals surface area contributed by atoms with Gasteiger partial charge in [0.2, 0.25) is 0 Å². The molecule has 22 heavy (non-hydrogen) atoms. The molecule has 118 valence electrons. The van der Waals surface area contributed by atoms with Crippen LogP contribution in [0.15, 0.2) is 24.5 Å². The summed E-state index contributed by atoms with van der Waals surface area (Å²) in [6, 6.07) is 3.70. The molecule has 1 aliphatic heterocycles. The van der Waals surface area contributed by atoms with Crippen molar-refractivity contribution in [3.05, 3.63) is 35.9 Å². The molecule has 0 bridgehead atoms. The van der Waals surface area contributed by atoms with Gasteiger partial charge in [0, 0.05) is 12.6 Å². The molecular weight excluding hydrogens is 278 g/mol. The Morgan fingerprint density at radius 2 is 2.14 bits per heavy atom. The fourth-order valence-corrected chi connectivity index (χ4v) is 3.20. The fourth-order valence-electron chi connectivity index (χ4n) is 3.20. The highest BCUT2D eigenvalue weighted by atomic mass is 16.5. The zero-order valence-corrected chi connectivity index (χ0v) is 13.3. The van der Waals surface area contributed by atoms with Crippen LogP contribution in [0.2, 0.25) is 0 Å². The van der Waals surface area contributed by atoms with Crippen LogP contribution in [0, 0.1) is 5.92 Å². The summed E-state index contributed by atoms with van der Waals surface area (Å²) in [6.07, 6.45) is 7.12. The van der Waals surface area contributed by atoms with Gasteiger partial charge in [-0.1, -0.05) is 6.92 Å². The highest BCUT2D eigenvalue weighted by Crippen LogP contribution is 2.22. The number of aromatic nitrogens is 2. The van der Waals surface area contributed by atoms with Gasteiger partial charge in [-0.05, 0) is 50.5 Å². The Morgan fingerprint density at radius 3 is 2.82 bits per heavy atom. The Hall–Kier alpha value is -1.88. The molecule has 1 aliphatic rings. The van der Waals surface area contributed by atoms with E-state index in [0.29, 0.717) is 11.5 Å². The molecule has 0 atom stereocenters. The molecule has 0 spiro atoms. The summed E-state index contributed by atoms with van der Waals surface area (Å²) in [5, 5.41) is 0. The average Bonchev–Trinajstić information content (AvgIpc) is 2.97. The van der Waals surface area contributed by atoms with Crippen LogP contribution in [0.5, 0.6) is 0 Å². The molecule has 5 heteroatoms. The van der Waals surface area contributed by atoms with E-state index in [2.05, 4.69) is 16.8 Å². The topological polar surface area (TPSA) is 46.8 Å². The first-order valence-corrected chi connectivity index (χ1v) is 7.98. The molecule has 0 aromatic carbocycles. The number of esters is 1. The van der Waals surface area contributed by atoms with Crippen LogP contribution < -0.4 is 0 Å². The Morgan fingerprint density at radius 1 is 1.36 bits per heavy atom. The maximum absolute atomic E-state index is 11.7. The number of hydrogen-bond acceptors (Lipinski definition) is 4. The second-order valence-corrected chi connectivity index (χ2v) is 5.96. The maximum Gasteiger partial charge on any atom is 0.339 e. The van der Waals surface area contributed by atoms with Gasteiger partial charge in [-0.25, -0.2) is 9.78 Å². The lowest BCUT2D eigenvalue weighted by atomic mass is 9.93. The molecule has 0 N–H and O–H groups in total. The van der Waals surface area contributed by atoms with Crippen molar-refractivity contribution >= 4 is 11.5 Å². The molecule has 3 rings (SSSR count). The summed E-state index contributed by atoms with van der Waals surface area (Å²) in [5.74, 6) is 1.41. The number of carbonyl (C=O) groups is 1. The van der Waals surface area contributed by atoms with Gasteiger partial charge >= 0.3 is 5.97 Å². The van der Waals surface area contributed by atoms with E-state index < -0.39 is 0 Å². The summed E-state index contributed by atoms with van der Waals surface area (Å²) >= 11 is 0. The molecule has 0 unspecified atom stereocenters. The Bertz CT molecular complexity index is 657. The van der Waals surface area contributed by atoms with Gasteiger partial charge in [0.1, 0.15) is 5.82 Å². The number of methoxy groups -OCH3 is 1. The number of likely N-dealkylation sites (tertiary alicyclic amines) is 1. The molecule has 2 aromatic rings. The highest BCUT2D eigenvalue weighted by Gasteiger charge is 2.20. The van der Waals surface area contributed by atoms with Crippen molar-refractivity contribution in [2.24, 2.45) is 5.92 Å². The first-order valence-electron chi connectivity index (χ1n) is 7.98. The molecule has 3 heterocycles. The first-order chi connectivity index (χ1) is 10.7. The van der Waals surface area contributed by atoms with Gasteiger partial charge in [0.15, 0.2) is 0 Å². The zero-order chi connectivity index (χ0) is 15.5. The lowest BCUT2D eigenvalue weighted by Crippen LogP contribution is -2.34. The molecule has 0 saturated carbocycles. The number of carbonyl (C=O) groups excluding carboxylic acids is 1. The van der Waals surface area contributed by atoms with Gasteiger partial charge in [0.05, 0.1) is 24.4 Å². The number of imidazole rings is 1. The van der Waals surface area contributed by atoms with Crippen LogP contribution in [-0.2, 0) is 11.2 Å². The Kier molecular flexibility index (Phi) is 4.43. The van der Waals surface area contributed by atoms with Crippen LogP contribution in [-0.4, -0.2) is 47.0 Å². The SMILES string of the molecule is CCN1CCC(Cc2ncc3ccc(C(=O)OC)cn23)CC1. The molecule has 1 saturated heterocycles. The van der Waals surface area contributed by atoms with Crippen molar-refractivity contribution in [2.75, 3.05) is 26.7 Å². The van der Waals surface area contributed by atoms with Crippen molar-refractivity contribution in [3.63, 3.8) is 0 Å². The van der Waals surface area contributed by atoms with E-state index in [1.165, 1.54) is 33.0 Å². The predicted molar refractivity (Wildman–Crippen MR) is 85.1 cm³/mol. The maximum atomic E-state index is 11.7. The average molecular weight is 301 g/mol. The van der Waals surface area contributed by atoms with Gasteiger partial charge < -0.3 is 14.0 Å². The zero-order valence-electron chi connectivity index (χ0n) is 13.3. The summed E-state index contributed by atoms with van der Waals surface area (Å²) in [4.78, 5) is 18.7. The third-order valence-corrected chi connectivity index (χ3v) is 4.65. The summed E-state index contributed by atoms with van der Waals surface area (Å²) in [7, 11) is 1.41. The van der Waals surface area contributed by atoms with Crippen LogP contribution >= 0.6 is 0 Å². The van der Waals surface area contributed by atoms with Crippen molar-refractivity contribution < 1.29 is 9.53 Å². The van der Waals surface area contributed by atoms with E-state index in [4.69, 9.17) is 4.74 Å². The largest absolute Gasteiger partial charge is 0.465 e. The van der Waals surface area contributed by atoms with Gasteiger partial charge in [-0.3, -0.25) is 0 Å². The molecular formula is C17H23N3O2. The summed E-state index contributed by atoms with van der Waals surface area (Å²) in [5.41, 5.74) is 1.59. The smallest absolute Gasteiger partial charge is 0.339 e. The minimum atomic E-state index is -0.308. The molecule has 5 nitrogen and oxygen atoms in total. The standard InChI is InChI=1S/C17H23N3O2/c1-3-19-8-6-13(7-9-19)10-16-18-11-15-5-4-14(12-20(15)16)17(21)22-2/h4-5,11-13H,3,6-10H2,1-2H3. The van der Waals surface area contributed by atoms with E-state index in [9.17, 15) is 4.79 Å². The lowest BCUT2D eigenvalue weighted by Gasteiger charge is -2.30. The third-order valence-electron chi connectivity index (χ3n) is 4.65. The van der Waals surface area contributed by atoms with Crippen LogP contribution in [0.25, 0.3) is 5.52 Å². The number of rotatable bonds is 4. The number of nitrogens with zero attached hydrogens (tertiary/aromatic N) is 3. The normalized spacial score (nSPS) is 17.0. The fraction of sp³-hybridized carbons (Fsp3) is 0.529. The number of piperidine rings is 1. The predicted octanol–water partition coefficient (Wildman–Crippen LogP) is 2.40. The van der Waals surface area contributed by atoms with E-state index in [0.717, 1.165) is 24.3 Å². The minimum absolute atomic E-state index is 0.308. The van der Waals surface area contributed by atoms with E-state index in [1.54, 1.807) is 6.07 Å². The summed E-state index contributed by atoms with van der Waals surface area (Å²) < 4.78 is 6.82. The van der Waals surface area contributed by atoms with E-state index >= 15 is 0 Å². The molecule has 0 aliphatic carbocycles. The molecule has 2 aromatic heterocycles. The summed E-state index contributed by atoms with van der Waals surface area (Å²) in [6.45, 7) is 5.72. The monoisotopic (exact) mass is 301 g/mol. The third kappa shape index (κ3) is 2.99. The number of fused-ring (bicyclic) bond motifs is 1. The van der Waals surface area contributed by atoms with Crippen molar-refractivity contribution in [2.45, 2.75) is 26.2 Å². The van der Waals surface area contributed by atoms with Crippen LogP contribution in [0.4, 0.5) is 0 Å². The Balaban J connectivity index is 1.77. The second-order valence-electron chi connectivity index (χ2n) is 5.96. The van der Waals surface area contributed by atoms with Crippen LogP contribution in [0.1, 0.15) is 35.9 Å². The van der Waals surface area contributed by atoms with Crippen molar-refractivity contribution in [3.8, 4) is 0 Å². The van der Waals surface area contributed by atoms with Crippen molar-refractivity contribution in [1.29, 1.82) is 0 Å². The number of pyridine rings is 1. The quantitative estimate of drug-likeness (QED) is 0.814.